The lowest BCUT2D eigenvalue weighted by Crippen LogP contribution is -2.56. The lowest BCUT2D eigenvalue weighted by atomic mass is 9.95. The van der Waals surface area contributed by atoms with Crippen molar-refractivity contribution in [1.29, 1.82) is 0 Å². The average Bonchev–Trinajstić information content (AvgIpc) is 3.16. The molecule has 0 radical (unpaired) electrons. The number of aliphatic hydroxyl groups excluding tert-OH is 1. The number of carboxylic acid groups (broad SMARTS) is 1. The fourth-order valence-electron chi connectivity index (χ4n) is 5.38. The van der Waals surface area contributed by atoms with Crippen molar-refractivity contribution in [2.45, 2.75) is 63.6 Å². The molecule has 2 amide bonds. The fraction of sp³-hybridized carbons (Fsp3) is 0.577. The van der Waals surface area contributed by atoms with Gasteiger partial charge in [0.25, 0.3) is 5.91 Å². The van der Waals surface area contributed by atoms with Gasteiger partial charge in [0, 0.05) is 38.1 Å². The van der Waals surface area contributed by atoms with E-state index in [-0.39, 0.29) is 28.9 Å². The Morgan fingerprint density at radius 2 is 1.87 bits per heavy atom. The summed E-state index contributed by atoms with van der Waals surface area (Å²) in [6.07, 6.45) is 8.50. The minimum Gasteiger partial charge on any atom is -0.512 e. The minimum absolute atomic E-state index is 0.0433. The van der Waals surface area contributed by atoms with Crippen molar-refractivity contribution in [3.8, 4) is 0 Å². The number of amides is 2. The first kappa shape index (κ1) is 29.2. The summed E-state index contributed by atoms with van der Waals surface area (Å²) in [7, 11) is 0. The Morgan fingerprint density at radius 3 is 2.45 bits per heavy atom. The second-order valence-corrected chi connectivity index (χ2v) is 10.4. The molecule has 0 aromatic heterocycles. The number of carboxylic acids is 1. The number of likely N-dealkylation sites (tertiary alicyclic amines) is 1. The molecular weight excluding hydrogens is 490 g/mol. The molecule has 0 spiro atoms. The van der Waals surface area contributed by atoms with Gasteiger partial charge in [-0.1, -0.05) is 19.1 Å². The van der Waals surface area contributed by atoms with Crippen molar-refractivity contribution in [2.75, 3.05) is 32.7 Å². The summed E-state index contributed by atoms with van der Waals surface area (Å²) in [4.78, 5) is 41.2. The molecule has 2 aliphatic heterocycles. The van der Waals surface area contributed by atoms with Crippen LogP contribution in [0.15, 0.2) is 46.7 Å². The number of hydrogen-bond acceptors (Lipinski definition) is 9. The summed E-state index contributed by atoms with van der Waals surface area (Å²) in [5.74, 6) is -2.64. The first-order valence-corrected chi connectivity index (χ1v) is 13.1. The van der Waals surface area contributed by atoms with Gasteiger partial charge >= 0.3 is 5.97 Å². The van der Waals surface area contributed by atoms with E-state index in [1.165, 1.54) is 6.08 Å². The molecule has 0 aromatic carbocycles. The van der Waals surface area contributed by atoms with Gasteiger partial charge in [-0.2, -0.15) is 0 Å². The van der Waals surface area contributed by atoms with Crippen LogP contribution in [-0.2, 0) is 14.4 Å². The monoisotopic (exact) mass is 531 g/mol. The maximum Gasteiger partial charge on any atom is 0.336 e. The number of hydrogen-bond donors (Lipinski definition) is 7. The third-order valence-electron chi connectivity index (χ3n) is 7.77. The SMILES string of the molecule is CCC1CNC(C)(C(=O)NC(C(N)=O)=C(N)N)CCN1C1CCN(CC2=C(C(=O)O)C=C(O)CC=C2)CC1. The number of nitrogens with zero attached hydrogens (tertiary/aromatic N) is 2. The van der Waals surface area contributed by atoms with Crippen molar-refractivity contribution >= 4 is 17.8 Å². The van der Waals surface area contributed by atoms with Crippen LogP contribution in [0.3, 0.4) is 0 Å². The van der Waals surface area contributed by atoms with Crippen LogP contribution >= 0.6 is 0 Å². The Kier molecular flexibility index (Phi) is 9.58. The molecule has 38 heavy (non-hydrogen) atoms. The van der Waals surface area contributed by atoms with Crippen molar-refractivity contribution in [3.05, 3.63) is 46.7 Å². The summed E-state index contributed by atoms with van der Waals surface area (Å²) in [6, 6.07) is 0.553. The number of carbonyl (C=O) groups is 3. The highest BCUT2D eigenvalue weighted by Gasteiger charge is 2.40. The van der Waals surface area contributed by atoms with Crippen molar-refractivity contribution in [1.82, 2.24) is 20.4 Å². The highest BCUT2D eigenvalue weighted by Crippen LogP contribution is 2.27. The van der Waals surface area contributed by atoms with Gasteiger partial charge in [-0.25, -0.2) is 4.79 Å². The van der Waals surface area contributed by atoms with E-state index in [9.17, 15) is 24.6 Å². The molecular formula is C26H41N7O5. The van der Waals surface area contributed by atoms with Gasteiger partial charge in [0.2, 0.25) is 5.91 Å². The normalized spacial score (nSPS) is 25.7. The molecule has 0 aromatic rings. The van der Waals surface area contributed by atoms with Crippen molar-refractivity contribution in [2.24, 2.45) is 17.2 Å². The van der Waals surface area contributed by atoms with Crippen molar-refractivity contribution in [3.63, 3.8) is 0 Å². The average molecular weight is 532 g/mol. The van der Waals surface area contributed by atoms with Crippen LogP contribution < -0.4 is 27.8 Å². The highest BCUT2D eigenvalue weighted by atomic mass is 16.4. The largest absolute Gasteiger partial charge is 0.512 e. The van der Waals surface area contributed by atoms with Crippen LogP contribution in [0.2, 0.25) is 0 Å². The third kappa shape index (κ3) is 6.94. The predicted octanol–water partition coefficient (Wildman–Crippen LogP) is -0.246. The standard InChI is InChI=1S/C26H41N7O5/c1-3-17-14-30-26(2,25(38)31-21(22(27)28)23(29)35)9-12-33(17)18-7-10-32(11-8-18)15-16-5-4-6-19(34)13-20(16)24(36)37/h4-5,13,17-18,30,34H,3,6-12,14-15,27-28H2,1-2H3,(H2,29,35)(H,31,38)(H,36,37). The van der Waals surface area contributed by atoms with Crippen LogP contribution in [0.1, 0.15) is 46.0 Å². The molecule has 2 fully saturated rings. The molecule has 0 bridgehead atoms. The van der Waals surface area contributed by atoms with E-state index in [1.54, 1.807) is 19.1 Å². The molecule has 3 rings (SSSR count). The molecule has 10 N–H and O–H groups in total. The number of nitrogens with one attached hydrogen (secondary N) is 2. The van der Waals surface area contributed by atoms with Gasteiger partial charge in [0.1, 0.15) is 11.5 Å². The minimum atomic E-state index is -1.05. The maximum atomic E-state index is 13.1. The predicted molar refractivity (Wildman–Crippen MR) is 143 cm³/mol. The number of rotatable bonds is 8. The van der Waals surface area contributed by atoms with E-state index in [1.807, 2.05) is 0 Å². The number of aliphatic hydroxyl groups is 1. The van der Waals surface area contributed by atoms with E-state index in [4.69, 9.17) is 17.2 Å². The van der Waals surface area contributed by atoms with E-state index in [2.05, 4.69) is 27.4 Å². The third-order valence-corrected chi connectivity index (χ3v) is 7.77. The van der Waals surface area contributed by atoms with E-state index in [0.717, 1.165) is 32.4 Å². The Labute approximate surface area is 223 Å². The highest BCUT2D eigenvalue weighted by molar-refractivity contribution is 5.99. The zero-order valence-electron chi connectivity index (χ0n) is 22.2. The first-order valence-electron chi connectivity index (χ1n) is 13.1. The Bertz CT molecular complexity index is 1050. The molecule has 210 valence electrons. The number of primary amides is 1. The Morgan fingerprint density at radius 1 is 1.18 bits per heavy atom. The summed E-state index contributed by atoms with van der Waals surface area (Å²) in [6.45, 7) is 7.34. The zero-order valence-corrected chi connectivity index (χ0v) is 22.2. The lowest BCUT2D eigenvalue weighted by Gasteiger charge is -2.41. The van der Waals surface area contributed by atoms with E-state index >= 15 is 0 Å². The zero-order chi connectivity index (χ0) is 28.0. The van der Waals surface area contributed by atoms with Crippen molar-refractivity contribution < 1.29 is 24.6 Å². The summed E-state index contributed by atoms with van der Waals surface area (Å²) in [5, 5.41) is 25.4. The molecule has 12 heteroatoms. The smallest absolute Gasteiger partial charge is 0.336 e. The van der Waals surface area contributed by atoms with Gasteiger partial charge in [0.05, 0.1) is 16.9 Å². The van der Waals surface area contributed by atoms with Crippen LogP contribution in [-0.4, -0.2) is 88.1 Å². The van der Waals surface area contributed by atoms with Gasteiger partial charge in [-0.15, -0.1) is 0 Å². The second kappa shape index (κ2) is 12.5. The number of aliphatic carboxylic acids is 1. The molecule has 2 atom stereocenters. The quantitative estimate of drug-likeness (QED) is 0.205. The lowest BCUT2D eigenvalue weighted by molar-refractivity contribution is -0.132. The number of carbonyl (C=O) groups excluding carboxylic acids is 2. The topological polar surface area (TPSA) is 200 Å². The molecule has 3 aliphatic rings. The van der Waals surface area contributed by atoms with Crippen LogP contribution in [0, 0.1) is 0 Å². The van der Waals surface area contributed by atoms with Gasteiger partial charge in [0.15, 0.2) is 0 Å². The number of piperidine rings is 1. The van der Waals surface area contributed by atoms with Gasteiger partial charge in [-0.3, -0.25) is 19.4 Å². The van der Waals surface area contributed by atoms with Crippen LogP contribution in [0.5, 0.6) is 0 Å². The molecule has 0 saturated carbocycles. The molecule has 1 aliphatic carbocycles. The first-order chi connectivity index (χ1) is 17.9. The molecule has 12 nitrogen and oxygen atoms in total. The Balaban J connectivity index is 1.65. The van der Waals surface area contributed by atoms with Gasteiger partial charge < -0.3 is 38.0 Å². The van der Waals surface area contributed by atoms with Crippen LogP contribution in [0.25, 0.3) is 0 Å². The molecule has 2 unspecified atom stereocenters. The van der Waals surface area contributed by atoms with E-state index in [0.29, 0.717) is 44.1 Å². The Hall–Kier alpha value is -3.35. The summed E-state index contributed by atoms with van der Waals surface area (Å²) >= 11 is 0. The molecule has 2 saturated heterocycles. The fourth-order valence-corrected chi connectivity index (χ4v) is 5.38. The second-order valence-electron chi connectivity index (χ2n) is 10.4. The van der Waals surface area contributed by atoms with Crippen LogP contribution in [0.4, 0.5) is 0 Å². The summed E-state index contributed by atoms with van der Waals surface area (Å²) < 4.78 is 0. The summed E-state index contributed by atoms with van der Waals surface area (Å²) in [5.41, 5.74) is 15.9. The number of allylic oxidation sites excluding steroid dienone is 1. The van der Waals surface area contributed by atoms with Gasteiger partial charge in [-0.05, 0) is 57.3 Å². The van der Waals surface area contributed by atoms with E-state index < -0.39 is 23.3 Å². The number of nitrogens with two attached hydrogens (primary N) is 3. The molecule has 2 heterocycles. The maximum absolute atomic E-state index is 13.1.